The van der Waals surface area contributed by atoms with Crippen molar-refractivity contribution >= 4 is 40.8 Å². The quantitative estimate of drug-likeness (QED) is 0.499. The molecule has 4 rings (SSSR count). The average Bonchev–Trinajstić information content (AvgIpc) is 3.47. The van der Waals surface area contributed by atoms with E-state index in [9.17, 15) is 9.59 Å². The largest absolute Gasteiger partial charge is 0.325 e. The first kappa shape index (κ1) is 19.9. The number of nitrogens with one attached hydrogen (secondary N) is 3. The van der Waals surface area contributed by atoms with Crippen molar-refractivity contribution in [3.63, 3.8) is 0 Å². The lowest BCUT2D eigenvalue weighted by molar-refractivity contribution is -0.115. The van der Waals surface area contributed by atoms with Gasteiger partial charge in [-0.05, 0) is 60.5 Å². The van der Waals surface area contributed by atoms with E-state index in [1.807, 2.05) is 18.2 Å². The van der Waals surface area contributed by atoms with Crippen LogP contribution >= 0.6 is 11.8 Å². The fraction of sp³-hybridized carbons (Fsp3) is 0.250. The zero-order valence-corrected chi connectivity index (χ0v) is 17.1. The molecule has 1 aliphatic carbocycles. The Morgan fingerprint density at radius 2 is 1.67 bits per heavy atom. The molecule has 0 aliphatic heterocycles. The van der Waals surface area contributed by atoms with Crippen LogP contribution in [0.15, 0.2) is 59.8 Å². The molecule has 2 aromatic carbocycles. The zero-order valence-electron chi connectivity index (χ0n) is 16.3. The van der Waals surface area contributed by atoms with Crippen molar-refractivity contribution in [2.45, 2.75) is 36.2 Å². The smallest absolute Gasteiger partial charge is 0.323 e. The number of carbonyl (C=O) groups is 2. The van der Waals surface area contributed by atoms with Gasteiger partial charge in [-0.2, -0.15) is 0 Å². The molecule has 9 nitrogen and oxygen atoms in total. The third-order valence-corrected chi connectivity index (χ3v) is 5.47. The summed E-state index contributed by atoms with van der Waals surface area (Å²) >= 11 is 1.32. The maximum Gasteiger partial charge on any atom is 0.323 e. The van der Waals surface area contributed by atoms with Gasteiger partial charge < -0.3 is 16.0 Å². The van der Waals surface area contributed by atoms with Crippen LogP contribution in [0, 0.1) is 0 Å². The minimum atomic E-state index is -0.383. The normalized spacial score (nSPS) is 14.0. The van der Waals surface area contributed by atoms with E-state index in [4.69, 9.17) is 0 Å². The molecule has 0 spiro atoms. The highest BCUT2D eigenvalue weighted by Gasteiger charge is 2.29. The summed E-state index contributed by atoms with van der Waals surface area (Å²) in [5.74, 6) is -0.170. The highest BCUT2D eigenvalue weighted by Crippen LogP contribution is 2.37. The highest BCUT2D eigenvalue weighted by atomic mass is 32.2. The van der Waals surface area contributed by atoms with Crippen LogP contribution in [-0.4, -0.2) is 37.4 Å². The third kappa shape index (κ3) is 5.15. The Labute approximate surface area is 177 Å². The Bertz CT molecular complexity index is 1040. The molecule has 1 fully saturated rings. The van der Waals surface area contributed by atoms with Crippen LogP contribution in [0.25, 0.3) is 0 Å². The van der Waals surface area contributed by atoms with E-state index < -0.39 is 0 Å². The maximum absolute atomic E-state index is 12.6. The molecule has 1 aromatic heterocycles. The van der Waals surface area contributed by atoms with E-state index in [1.165, 1.54) is 11.8 Å². The van der Waals surface area contributed by atoms with Gasteiger partial charge in [0.1, 0.15) is 0 Å². The number of nitrogens with zero attached hydrogens (tertiary/aromatic N) is 4. The molecule has 3 amide bonds. The van der Waals surface area contributed by atoms with Crippen LogP contribution < -0.4 is 16.0 Å². The number of tetrazole rings is 1. The summed E-state index contributed by atoms with van der Waals surface area (Å²) in [6.07, 6.45) is 2.13. The number of anilines is 3. The van der Waals surface area contributed by atoms with E-state index in [-0.39, 0.29) is 17.2 Å². The van der Waals surface area contributed by atoms with Crippen LogP contribution in [0.5, 0.6) is 0 Å². The van der Waals surface area contributed by atoms with Crippen molar-refractivity contribution < 1.29 is 9.59 Å². The van der Waals surface area contributed by atoms with Crippen molar-refractivity contribution in [2.75, 3.05) is 16.0 Å². The van der Waals surface area contributed by atoms with Crippen LogP contribution in [-0.2, 0) is 4.79 Å². The van der Waals surface area contributed by atoms with Gasteiger partial charge in [0.2, 0.25) is 11.1 Å². The van der Waals surface area contributed by atoms with E-state index in [0.717, 1.165) is 12.8 Å². The summed E-state index contributed by atoms with van der Waals surface area (Å²) in [6, 6.07) is 16.1. The number of benzene rings is 2. The molecule has 1 atom stereocenters. The summed E-state index contributed by atoms with van der Waals surface area (Å²) in [5, 5.41) is 20.4. The predicted octanol–water partition coefficient (Wildman–Crippen LogP) is 3.77. The second-order valence-electron chi connectivity index (χ2n) is 6.91. The first-order valence-electron chi connectivity index (χ1n) is 9.57. The first-order chi connectivity index (χ1) is 14.6. The zero-order chi connectivity index (χ0) is 20.9. The molecule has 3 N–H and O–H groups in total. The van der Waals surface area contributed by atoms with Gasteiger partial charge in [-0.15, -0.1) is 5.10 Å². The van der Waals surface area contributed by atoms with E-state index in [0.29, 0.717) is 28.3 Å². The number of hydrogen-bond donors (Lipinski definition) is 3. The van der Waals surface area contributed by atoms with Gasteiger partial charge in [-0.1, -0.05) is 36.0 Å². The van der Waals surface area contributed by atoms with Gasteiger partial charge in [-0.3, -0.25) is 4.79 Å². The van der Waals surface area contributed by atoms with Gasteiger partial charge in [0, 0.05) is 17.1 Å². The van der Waals surface area contributed by atoms with Crippen molar-refractivity contribution in [3.8, 4) is 0 Å². The molecule has 0 radical (unpaired) electrons. The molecule has 10 heteroatoms. The van der Waals surface area contributed by atoms with Crippen molar-refractivity contribution in [1.29, 1.82) is 0 Å². The fourth-order valence-electron chi connectivity index (χ4n) is 2.76. The molecule has 30 heavy (non-hydrogen) atoms. The summed E-state index contributed by atoms with van der Waals surface area (Å²) in [4.78, 5) is 24.8. The van der Waals surface area contributed by atoms with Crippen molar-refractivity contribution in [3.05, 3.63) is 54.6 Å². The van der Waals surface area contributed by atoms with Crippen molar-refractivity contribution in [1.82, 2.24) is 20.2 Å². The molecule has 1 heterocycles. The molecule has 3 aromatic rings. The minimum absolute atomic E-state index is 0.170. The number of urea groups is 1. The standard InChI is InChI=1S/C20H21N7O2S/c1-13(30-20-24-25-26-27(20)17-10-11-17)18(28)21-15-8-5-9-16(12-15)23-19(29)22-14-6-3-2-4-7-14/h2-9,12-13,17H,10-11H2,1H3,(H,21,28)(H2,22,23,29). The molecular formula is C20H21N7O2S. The Morgan fingerprint density at radius 1 is 1.00 bits per heavy atom. The summed E-state index contributed by atoms with van der Waals surface area (Å²) in [6.45, 7) is 1.81. The molecule has 154 valence electrons. The van der Waals surface area contributed by atoms with Crippen LogP contribution in [0.3, 0.4) is 0 Å². The van der Waals surface area contributed by atoms with Crippen LogP contribution in [0.1, 0.15) is 25.8 Å². The Balaban J connectivity index is 1.33. The topological polar surface area (TPSA) is 114 Å². The summed E-state index contributed by atoms with van der Waals surface area (Å²) in [5.41, 5.74) is 1.85. The Morgan fingerprint density at radius 3 is 2.40 bits per heavy atom. The number of carbonyl (C=O) groups excluding carboxylic acids is 2. The number of amides is 3. The molecule has 1 saturated carbocycles. The van der Waals surface area contributed by atoms with E-state index in [1.54, 1.807) is 48.0 Å². The summed E-state index contributed by atoms with van der Waals surface area (Å²) < 4.78 is 1.78. The number of para-hydroxylation sites is 1. The van der Waals surface area contributed by atoms with Gasteiger partial charge in [0.05, 0.1) is 11.3 Å². The predicted molar refractivity (Wildman–Crippen MR) is 116 cm³/mol. The monoisotopic (exact) mass is 423 g/mol. The Kier molecular flexibility index (Phi) is 5.94. The molecule has 1 aliphatic rings. The second kappa shape index (κ2) is 8.95. The molecule has 0 bridgehead atoms. The second-order valence-corrected chi connectivity index (χ2v) is 8.22. The van der Waals surface area contributed by atoms with Crippen molar-refractivity contribution in [2.24, 2.45) is 0 Å². The van der Waals surface area contributed by atoms with Gasteiger partial charge in [0.15, 0.2) is 0 Å². The third-order valence-electron chi connectivity index (χ3n) is 4.43. The molecular weight excluding hydrogens is 402 g/mol. The Hall–Kier alpha value is -3.40. The molecule has 0 saturated heterocycles. The number of hydrogen-bond acceptors (Lipinski definition) is 6. The van der Waals surface area contributed by atoms with Gasteiger partial charge >= 0.3 is 6.03 Å². The van der Waals surface area contributed by atoms with Crippen LogP contribution in [0.2, 0.25) is 0 Å². The first-order valence-corrected chi connectivity index (χ1v) is 10.4. The SMILES string of the molecule is CC(Sc1nnnn1C1CC1)C(=O)Nc1cccc(NC(=O)Nc2ccccc2)c1. The number of thioether (sulfide) groups is 1. The van der Waals surface area contributed by atoms with Crippen LogP contribution in [0.4, 0.5) is 21.9 Å². The lowest BCUT2D eigenvalue weighted by Gasteiger charge is -2.13. The summed E-state index contributed by atoms with van der Waals surface area (Å²) in [7, 11) is 0. The highest BCUT2D eigenvalue weighted by molar-refractivity contribution is 8.00. The fourth-order valence-corrected chi connectivity index (χ4v) is 3.62. The van der Waals surface area contributed by atoms with E-state index >= 15 is 0 Å². The minimum Gasteiger partial charge on any atom is -0.325 e. The lowest BCUT2D eigenvalue weighted by Crippen LogP contribution is -2.23. The lowest BCUT2D eigenvalue weighted by atomic mass is 10.2. The number of rotatable bonds is 7. The molecule has 1 unspecified atom stereocenters. The van der Waals surface area contributed by atoms with Gasteiger partial charge in [-0.25, -0.2) is 9.48 Å². The van der Waals surface area contributed by atoms with E-state index in [2.05, 4.69) is 31.5 Å². The van der Waals surface area contributed by atoms with Gasteiger partial charge in [0.25, 0.3) is 0 Å². The average molecular weight is 424 g/mol. The number of aromatic nitrogens is 4. The maximum atomic E-state index is 12.6.